The molecule has 3 aliphatic rings. The van der Waals surface area contributed by atoms with E-state index < -0.39 is 47.5 Å². The van der Waals surface area contributed by atoms with E-state index in [0.29, 0.717) is 45.1 Å². The number of carbonyl (C=O) groups excluding carboxylic acids is 1. The van der Waals surface area contributed by atoms with Crippen LogP contribution in [-0.2, 0) is 28.4 Å². The number of fused-ring (bicyclic) bond motifs is 1. The van der Waals surface area contributed by atoms with Crippen molar-refractivity contribution in [1.29, 1.82) is 0 Å². The van der Waals surface area contributed by atoms with Crippen LogP contribution in [-0.4, -0.2) is 91.9 Å². The lowest BCUT2D eigenvalue weighted by Gasteiger charge is -2.34. The van der Waals surface area contributed by atoms with Gasteiger partial charge in [0.1, 0.15) is 24.4 Å². The first-order valence-electron chi connectivity index (χ1n) is 13.9. The van der Waals surface area contributed by atoms with Gasteiger partial charge in [-0.15, -0.1) is 0 Å². The zero-order valence-corrected chi connectivity index (χ0v) is 23.0. The lowest BCUT2D eigenvalue weighted by atomic mass is 10.0. The Hall–Kier alpha value is -2.35. The predicted octanol–water partition coefficient (Wildman–Crippen LogP) is 4.08. The van der Waals surface area contributed by atoms with Gasteiger partial charge in [-0.25, -0.2) is 4.79 Å². The minimum atomic E-state index is -0.829. The van der Waals surface area contributed by atoms with Gasteiger partial charge in [-0.1, -0.05) is 32.6 Å². The SMILES string of the molecule is CCCCCCCO[C@H]1O[C@H]([C@@H](CN2CCOCC2)OC(=O)Nc2ccc([N+](=O)[O-])cc2)[C@@H]2OC(C)(C)O[C@H]12. The smallest absolute Gasteiger partial charge is 0.412 e. The minimum absolute atomic E-state index is 0.0677. The minimum Gasteiger partial charge on any atom is -0.442 e. The summed E-state index contributed by atoms with van der Waals surface area (Å²) in [5.74, 6) is -0.829. The number of ether oxygens (including phenoxy) is 6. The molecule has 3 heterocycles. The van der Waals surface area contributed by atoms with Crippen LogP contribution in [0.15, 0.2) is 24.3 Å². The van der Waals surface area contributed by atoms with Gasteiger partial charge in [0.25, 0.3) is 5.69 Å². The molecule has 1 amide bonds. The van der Waals surface area contributed by atoms with E-state index in [0.717, 1.165) is 12.8 Å². The lowest BCUT2D eigenvalue weighted by Crippen LogP contribution is -2.50. The second kappa shape index (κ2) is 13.8. The second-order valence-electron chi connectivity index (χ2n) is 10.6. The summed E-state index contributed by atoms with van der Waals surface area (Å²) < 4.78 is 36.3. The van der Waals surface area contributed by atoms with Crippen molar-refractivity contribution >= 4 is 17.5 Å². The third-order valence-corrected chi connectivity index (χ3v) is 7.07. The number of benzene rings is 1. The van der Waals surface area contributed by atoms with E-state index in [-0.39, 0.29) is 5.69 Å². The number of anilines is 1. The Balaban J connectivity index is 1.44. The summed E-state index contributed by atoms with van der Waals surface area (Å²) in [6.45, 7) is 9.43. The number of morpholine rings is 1. The molecule has 0 bridgehead atoms. The molecule has 0 aromatic heterocycles. The van der Waals surface area contributed by atoms with Crippen LogP contribution in [0.1, 0.15) is 52.9 Å². The zero-order chi connectivity index (χ0) is 27.8. The van der Waals surface area contributed by atoms with Crippen LogP contribution in [0.2, 0.25) is 0 Å². The topological polar surface area (TPSA) is 131 Å². The van der Waals surface area contributed by atoms with Crippen LogP contribution >= 0.6 is 0 Å². The molecule has 0 saturated carbocycles. The van der Waals surface area contributed by atoms with Gasteiger partial charge in [0.05, 0.1) is 18.1 Å². The number of nitro benzene ring substituents is 1. The van der Waals surface area contributed by atoms with Gasteiger partial charge < -0.3 is 28.4 Å². The fraction of sp³-hybridized carbons (Fsp3) is 0.741. The molecule has 1 aromatic rings. The molecule has 39 heavy (non-hydrogen) atoms. The van der Waals surface area contributed by atoms with Crippen molar-refractivity contribution in [1.82, 2.24) is 4.90 Å². The standard InChI is InChI=1S/C27H41N3O9/c1-4-5-6-7-8-15-35-25-24-23(38-27(2,3)39-24)22(37-25)21(18-29-13-16-34-17-14-29)36-26(31)28-19-9-11-20(12-10-19)30(32)33/h9-12,21-25H,4-8,13-18H2,1-3H3,(H,28,31)/t21-,22-,23+,24+,25+/m1/s1. The monoisotopic (exact) mass is 551 g/mol. The fourth-order valence-electron chi connectivity index (χ4n) is 5.13. The number of nitrogens with zero attached hydrogens (tertiary/aromatic N) is 2. The quantitative estimate of drug-likeness (QED) is 0.217. The third-order valence-electron chi connectivity index (χ3n) is 7.07. The summed E-state index contributed by atoms with van der Waals surface area (Å²) in [4.78, 5) is 25.6. The molecule has 3 aliphatic heterocycles. The molecule has 3 fully saturated rings. The number of rotatable bonds is 13. The van der Waals surface area contributed by atoms with Crippen LogP contribution in [0.25, 0.3) is 0 Å². The Morgan fingerprint density at radius 2 is 1.82 bits per heavy atom. The number of hydrogen-bond acceptors (Lipinski definition) is 10. The summed E-state index contributed by atoms with van der Waals surface area (Å²) in [6.07, 6.45) is 2.01. The third kappa shape index (κ3) is 8.32. The Bertz CT molecular complexity index is 939. The Kier molecular flexibility index (Phi) is 10.5. The number of amides is 1. The molecule has 12 heteroatoms. The van der Waals surface area contributed by atoms with Gasteiger partial charge in [-0.05, 0) is 32.4 Å². The van der Waals surface area contributed by atoms with Crippen molar-refractivity contribution in [3.05, 3.63) is 34.4 Å². The zero-order valence-electron chi connectivity index (χ0n) is 23.0. The van der Waals surface area contributed by atoms with Crippen LogP contribution in [0.3, 0.4) is 0 Å². The highest BCUT2D eigenvalue weighted by atomic mass is 16.8. The highest BCUT2D eigenvalue weighted by molar-refractivity contribution is 5.84. The molecule has 218 valence electrons. The van der Waals surface area contributed by atoms with Crippen molar-refractivity contribution in [2.45, 2.75) is 89.4 Å². The van der Waals surface area contributed by atoms with E-state index in [9.17, 15) is 14.9 Å². The lowest BCUT2D eigenvalue weighted by molar-refractivity contribution is -0.384. The van der Waals surface area contributed by atoms with Gasteiger partial charge >= 0.3 is 6.09 Å². The van der Waals surface area contributed by atoms with E-state index >= 15 is 0 Å². The molecular weight excluding hydrogens is 510 g/mol. The van der Waals surface area contributed by atoms with E-state index in [1.807, 2.05) is 13.8 Å². The summed E-state index contributed by atoms with van der Waals surface area (Å²) >= 11 is 0. The molecule has 0 unspecified atom stereocenters. The van der Waals surface area contributed by atoms with Crippen molar-refractivity contribution < 1.29 is 38.1 Å². The van der Waals surface area contributed by atoms with Gasteiger partial charge in [0, 0.05) is 44.1 Å². The first-order chi connectivity index (χ1) is 18.8. The van der Waals surface area contributed by atoms with Crippen molar-refractivity contribution in [3.8, 4) is 0 Å². The first kappa shape index (κ1) is 29.6. The number of hydrogen-bond donors (Lipinski definition) is 1. The highest BCUT2D eigenvalue weighted by Crippen LogP contribution is 2.41. The fourth-order valence-corrected chi connectivity index (χ4v) is 5.13. The number of carbonyl (C=O) groups is 1. The maximum atomic E-state index is 13.0. The summed E-state index contributed by atoms with van der Waals surface area (Å²) in [6, 6.07) is 5.56. The van der Waals surface area contributed by atoms with Gasteiger partial charge in [0.2, 0.25) is 0 Å². The molecular formula is C27H41N3O9. The average Bonchev–Trinajstić information content (AvgIpc) is 3.39. The van der Waals surface area contributed by atoms with Crippen LogP contribution in [0.5, 0.6) is 0 Å². The number of non-ortho nitro benzene ring substituents is 1. The second-order valence-corrected chi connectivity index (χ2v) is 10.6. The van der Waals surface area contributed by atoms with E-state index in [2.05, 4.69) is 17.1 Å². The van der Waals surface area contributed by atoms with Gasteiger partial charge in [-0.3, -0.25) is 20.3 Å². The molecule has 5 atom stereocenters. The van der Waals surface area contributed by atoms with Crippen LogP contribution in [0, 0.1) is 10.1 Å². The predicted molar refractivity (Wildman–Crippen MR) is 141 cm³/mol. The largest absolute Gasteiger partial charge is 0.442 e. The maximum absolute atomic E-state index is 13.0. The summed E-state index contributed by atoms with van der Waals surface area (Å²) in [5.41, 5.74) is 0.314. The summed E-state index contributed by atoms with van der Waals surface area (Å²) in [7, 11) is 0. The molecule has 3 saturated heterocycles. The molecule has 0 radical (unpaired) electrons. The van der Waals surface area contributed by atoms with Crippen molar-refractivity contribution in [3.63, 3.8) is 0 Å². The van der Waals surface area contributed by atoms with Crippen molar-refractivity contribution in [2.75, 3.05) is 44.8 Å². The molecule has 1 N–H and O–H groups in total. The Labute approximate surface area is 229 Å². The van der Waals surface area contributed by atoms with E-state index in [1.54, 1.807) is 0 Å². The van der Waals surface area contributed by atoms with Gasteiger partial charge in [0.15, 0.2) is 12.1 Å². The molecule has 0 spiro atoms. The Morgan fingerprint density at radius 1 is 1.13 bits per heavy atom. The van der Waals surface area contributed by atoms with Crippen LogP contribution in [0.4, 0.5) is 16.2 Å². The Morgan fingerprint density at radius 3 is 2.51 bits per heavy atom. The van der Waals surface area contributed by atoms with Crippen LogP contribution < -0.4 is 5.32 Å². The number of unbranched alkanes of at least 4 members (excludes halogenated alkanes) is 4. The van der Waals surface area contributed by atoms with Gasteiger partial charge in [-0.2, -0.15) is 0 Å². The number of nitro groups is 1. The maximum Gasteiger partial charge on any atom is 0.412 e. The van der Waals surface area contributed by atoms with E-state index in [4.69, 9.17) is 28.4 Å². The normalized spacial score (nSPS) is 27.2. The summed E-state index contributed by atoms with van der Waals surface area (Å²) in [5, 5.41) is 13.6. The van der Waals surface area contributed by atoms with Crippen molar-refractivity contribution in [2.24, 2.45) is 0 Å². The van der Waals surface area contributed by atoms with E-state index in [1.165, 1.54) is 43.5 Å². The molecule has 0 aliphatic carbocycles. The molecule has 4 rings (SSSR count). The first-order valence-corrected chi connectivity index (χ1v) is 13.9. The highest BCUT2D eigenvalue weighted by Gasteiger charge is 2.58. The molecule has 1 aromatic carbocycles. The molecule has 12 nitrogen and oxygen atoms in total. The average molecular weight is 552 g/mol. The number of nitrogens with one attached hydrogen (secondary N) is 1.